The minimum Gasteiger partial charge on any atom is -0.300 e. The van der Waals surface area contributed by atoms with Gasteiger partial charge in [-0.1, -0.05) is 22.9 Å². The zero-order chi connectivity index (χ0) is 6.85. The molecule has 1 unspecified atom stereocenters. The lowest BCUT2D eigenvalue weighted by Crippen LogP contribution is -1.83. The molecule has 9 heavy (non-hydrogen) atoms. The number of hydrogen-bond acceptors (Lipinski definition) is 3. The van der Waals surface area contributed by atoms with Crippen LogP contribution in [0.2, 0.25) is 4.34 Å². The fourth-order valence-corrected chi connectivity index (χ4v) is 1.80. The second-order valence-electron chi connectivity index (χ2n) is 1.18. The number of aromatic nitrogens is 1. The summed E-state index contributed by atoms with van der Waals surface area (Å²) in [6, 6.07) is 0. The highest BCUT2D eigenvalue weighted by molar-refractivity contribution is 7.81. The summed E-state index contributed by atoms with van der Waals surface area (Å²) in [5, 5.41) is 0. The Morgan fingerprint density at radius 3 is 2.78 bits per heavy atom. The van der Waals surface area contributed by atoms with Gasteiger partial charge >= 0.3 is 0 Å². The molecule has 50 valence electrons. The van der Waals surface area contributed by atoms with E-state index in [0.29, 0.717) is 4.34 Å². The second-order valence-corrected chi connectivity index (χ2v) is 3.98. The minimum absolute atomic E-state index is 0.139. The van der Waals surface area contributed by atoms with Gasteiger partial charge in [0.2, 0.25) is 15.4 Å². The first-order chi connectivity index (χ1) is 4.20. The molecule has 0 aliphatic carbocycles. The molecule has 1 aromatic rings. The molecule has 0 saturated heterocycles. The highest BCUT2D eigenvalue weighted by Gasteiger charge is 2.03. The van der Waals surface area contributed by atoms with Crippen LogP contribution >= 0.6 is 22.9 Å². The first-order valence-electron chi connectivity index (χ1n) is 1.92. The molecular formula is C3H2ClNO2S2. The van der Waals surface area contributed by atoms with E-state index in [0.717, 1.165) is 11.3 Å². The van der Waals surface area contributed by atoms with Crippen LogP contribution < -0.4 is 0 Å². The van der Waals surface area contributed by atoms with Crippen molar-refractivity contribution in [2.45, 2.75) is 4.34 Å². The van der Waals surface area contributed by atoms with Crippen molar-refractivity contribution >= 4 is 34.0 Å². The van der Waals surface area contributed by atoms with Crippen molar-refractivity contribution in [3.8, 4) is 0 Å². The minimum atomic E-state index is -1.99. The first kappa shape index (κ1) is 7.14. The molecular weight excluding hydrogens is 182 g/mol. The Labute approximate surface area is 63.0 Å². The molecule has 0 aliphatic heterocycles. The SMILES string of the molecule is O=S(O)c1ncc(Cl)s1. The molecule has 0 aliphatic rings. The van der Waals surface area contributed by atoms with Crippen LogP contribution in [0.5, 0.6) is 0 Å². The molecule has 1 rings (SSSR count). The molecule has 0 aromatic carbocycles. The lowest BCUT2D eigenvalue weighted by molar-refractivity contribution is 0.563. The summed E-state index contributed by atoms with van der Waals surface area (Å²) in [4.78, 5) is 3.55. The molecule has 0 spiro atoms. The van der Waals surface area contributed by atoms with E-state index in [4.69, 9.17) is 16.2 Å². The monoisotopic (exact) mass is 183 g/mol. The van der Waals surface area contributed by atoms with Crippen LogP contribution in [0, 0.1) is 0 Å². The van der Waals surface area contributed by atoms with E-state index in [1.54, 1.807) is 0 Å². The van der Waals surface area contributed by atoms with Gasteiger partial charge in [0.1, 0.15) is 4.34 Å². The average molecular weight is 184 g/mol. The molecule has 0 fully saturated rings. The van der Waals surface area contributed by atoms with Gasteiger partial charge in [-0.25, -0.2) is 9.19 Å². The van der Waals surface area contributed by atoms with Crippen LogP contribution in [0.25, 0.3) is 0 Å². The molecule has 1 atom stereocenters. The predicted molar refractivity (Wildman–Crippen MR) is 36.2 cm³/mol. The maximum atomic E-state index is 10.2. The number of thiazole rings is 1. The van der Waals surface area contributed by atoms with Gasteiger partial charge in [-0.2, -0.15) is 0 Å². The smallest absolute Gasteiger partial charge is 0.216 e. The van der Waals surface area contributed by atoms with E-state index in [9.17, 15) is 4.21 Å². The Hall–Kier alpha value is 0.0300. The van der Waals surface area contributed by atoms with Crippen LogP contribution in [0.3, 0.4) is 0 Å². The van der Waals surface area contributed by atoms with Crippen molar-refractivity contribution in [3.63, 3.8) is 0 Å². The zero-order valence-electron chi connectivity index (χ0n) is 4.07. The van der Waals surface area contributed by atoms with E-state index in [-0.39, 0.29) is 4.34 Å². The number of rotatable bonds is 1. The number of nitrogens with zero attached hydrogens (tertiary/aromatic N) is 1. The van der Waals surface area contributed by atoms with Gasteiger partial charge in [0.25, 0.3) is 0 Å². The van der Waals surface area contributed by atoms with Crippen LogP contribution in [0.4, 0.5) is 0 Å². The van der Waals surface area contributed by atoms with Gasteiger partial charge in [-0.3, -0.25) is 0 Å². The van der Waals surface area contributed by atoms with Gasteiger partial charge in [-0.05, 0) is 0 Å². The third-order valence-electron chi connectivity index (χ3n) is 0.606. The molecule has 0 amide bonds. The molecule has 6 heteroatoms. The lowest BCUT2D eigenvalue weighted by atomic mass is 11.0. The Morgan fingerprint density at radius 1 is 1.89 bits per heavy atom. The summed E-state index contributed by atoms with van der Waals surface area (Å²) < 4.78 is 19.2. The van der Waals surface area contributed by atoms with Gasteiger partial charge < -0.3 is 4.55 Å². The van der Waals surface area contributed by atoms with E-state index in [1.165, 1.54) is 6.20 Å². The van der Waals surface area contributed by atoms with Gasteiger partial charge in [-0.15, -0.1) is 0 Å². The van der Waals surface area contributed by atoms with Gasteiger partial charge in [0.05, 0.1) is 6.20 Å². The summed E-state index contributed by atoms with van der Waals surface area (Å²) in [5.41, 5.74) is 0. The fraction of sp³-hybridized carbons (Fsp3) is 0. The lowest BCUT2D eigenvalue weighted by Gasteiger charge is -1.78. The van der Waals surface area contributed by atoms with Crippen molar-refractivity contribution < 1.29 is 8.76 Å². The summed E-state index contributed by atoms with van der Waals surface area (Å²) in [6.07, 6.45) is 1.34. The van der Waals surface area contributed by atoms with Crippen LogP contribution in [0.15, 0.2) is 10.5 Å². The average Bonchev–Trinajstić information content (AvgIpc) is 2.14. The number of halogens is 1. The van der Waals surface area contributed by atoms with E-state index < -0.39 is 11.1 Å². The Bertz CT molecular complexity index is 235. The zero-order valence-corrected chi connectivity index (χ0v) is 6.46. The largest absolute Gasteiger partial charge is 0.300 e. The summed E-state index contributed by atoms with van der Waals surface area (Å²) in [7, 11) is 0. The maximum Gasteiger partial charge on any atom is 0.216 e. The molecule has 0 bridgehead atoms. The second kappa shape index (κ2) is 2.74. The third-order valence-corrected chi connectivity index (χ3v) is 2.60. The molecule has 1 aromatic heterocycles. The van der Waals surface area contributed by atoms with E-state index >= 15 is 0 Å². The number of hydrogen-bond donors (Lipinski definition) is 1. The quantitative estimate of drug-likeness (QED) is 0.670. The van der Waals surface area contributed by atoms with Gasteiger partial charge in [0.15, 0.2) is 0 Å². The Kier molecular flexibility index (Phi) is 2.18. The van der Waals surface area contributed by atoms with E-state index in [1.807, 2.05) is 0 Å². The van der Waals surface area contributed by atoms with Crippen molar-refractivity contribution in [2.75, 3.05) is 0 Å². The normalized spacial score (nSPS) is 13.6. The molecule has 1 heterocycles. The van der Waals surface area contributed by atoms with Crippen molar-refractivity contribution in [1.82, 2.24) is 4.98 Å². The van der Waals surface area contributed by atoms with Gasteiger partial charge in [0, 0.05) is 0 Å². The summed E-state index contributed by atoms with van der Waals surface area (Å²) in [5.74, 6) is 0. The summed E-state index contributed by atoms with van der Waals surface area (Å²) >= 11 is 4.43. The Balaban J connectivity index is 2.98. The molecule has 1 N–H and O–H groups in total. The third kappa shape index (κ3) is 1.72. The topological polar surface area (TPSA) is 50.2 Å². The van der Waals surface area contributed by atoms with Crippen molar-refractivity contribution in [1.29, 1.82) is 0 Å². The Morgan fingerprint density at radius 2 is 2.56 bits per heavy atom. The molecule has 0 radical (unpaired) electrons. The van der Waals surface area contributed by atoms with Crippen molar-refractivity contribution in [3.05, 3.63) is 10.5 Å². The van der Waals surface area contributed by atoms with Crippen LogP contribution in [0.1, 0.15) is 0 Å². The van der Waals surface area contributed by atoms with Crippen molar-refractivity contribution in [2.24, 2.45) is 0 Å². The highest BCUT2D eigenvalue weighted by atomic mass is 35.5. The molecule has 3 nitrogen and oxygen atoms in total. The van der Waals surface area contributed by atoms with Crippen LogP contribution in [-0.2, 0) is 11.1 Å². The van der Waals surface area contributed by atoms with E-state index in [2.05, 4.69) is 4.98 Å². The van der Waals surface area contributed by atoms with Crippen LogP contribution in [-0.4, -0.2) is 13.7 Å². The predicted octanol–water partition coefficient (Wildman–Crippen LogP) is 1.38. The summed E-state index contributed by atoms with van der Waals surface area (Å²) in [6.45, 7) is 0. The maximum absolute atomic E-state index is 10.2. The fourth-order valence-electron chi connectivity index (χ4n) is 0.320. The first-order valence-corrected chi connectivity index (χ1v) is 4.22. The molecule has 0 saturated carbocycles. The standard InChI is InChI=1S/C3H2ClNO2S2/c4-2-1-5-3(8-2)9(6)7/h1H,(H,6,7). The highest BCUT2D eigenvalue weighted by Crippen LogP contribution is 2.19.